The summed E-state index contributed by atoms with van der Waals surface area (Å²) in [5.74, 6) is 0.394. The Bertz CT molecular complexity index is 1480. The van der Waals surface area contributed by atoms with Crippen LogP contribution in [-0.4, -0.2) is 68.7 Å². The Morgan fingerprint density at radius 2 is 1.41 bits per heavy atom. The molecule has 2 fully saturated rings. The van der Waals surface area contributed by atoms with Crippen LogP contribution < -0.4 is 5.32 Å². The Morgan fingerprint density at radius 3 is 2.05 bits per heavy atom. The summed E-state index contributed by atoms with van der Waals surface area (Å²) < 4.78 is 11.0. The van der Waals surface area contributed by atoms with E-state index in [1.54, 1.807) is 9.80 Å². The highest BCUT2D eigenvalue weighted by Crippen LogP contribution is 2.33. The van der Waals surface area contributed by atoms with E-state index in [1.165, 1.54) is 0 Å². The molecule has 0 unspecified atom stereocenters. The van der Waals surface area contributed by atoms with Gasteiger partial charge in [0.15, 0.2) is 0 Å². The van der Waals surface area contributed by atoms with Crippen molar-refractivity contribution in [3.8, 4) is 22.4 Å². The highest BCUT2D eigenvalue weighted by atomic mass is 16.6. The summed E-state index contributed by atoms with van der Waals surface area (Å²) in [6.07, 6.45) is 3.48. The largest absolute Gasteiger partial charge is 0.444 e. The molecule has 3 heterocycles. The zero-order chi connectivity index (χ0) is 31.6. The minimum atomic E-state index is -0.565. The fourth-order valence-corrected chi connectivity index (χ4v) is 5.54. The third-order valence-corrected chi connectivity index (χ3v) is 7.68. The lowest BCUT2D eigenvalue weighted by Gasteiger charge is -2.27. The summed E-state index contributed by atoms with van der Waals surface area (Å²) in [4.78, 5) is 49.3. The van der Waals surface area contributed by atoms with Gasteiger partial charge in [-0.2, -0.15) is 0 Å². The Kier molecular flexibility index (Phi) is 8.72. The smallest absolute Gasteiger partial charge is 0.410 e. The second-order valence-corrected chi connectivity index (χ2v) is 13.6. The first-order valence-electron chi connectivity index (χ1n) is 15.3. The van der Waals surface area contributed by atoms with E-state index < -0.39 is 11.2 Å². The van der Waals surface area contributed by atoms with Crippen LogP contribution in [0.5, 0.6) is 0 Å². The second kappa shape index (κ2) is 12.3. The van der Waals surface area contributed by atoms with E-state index in [0.717, 1.165) is 41.1 Å². The number of rotatable bonds is 5. The van der Waals surface area contributed by atoms with E-state index in [0.29, 0.717) is 31.7 Å². The van der Waals surface area contributed by atoms with Crippen molar-refractivity contribution >= 4 is 23.8 Å². The van der Waals surface area contributed by atoms with Crippen molar-refractivity contribution in [2.24, 2.45) is 5.92 Å². The molecule has 2 aromatic carbocycles. The number of carbonyl (C=O) groups excluding carboxylic acids is 3. The third-order valence-electron chi connectivity index (χ3n) is 7.68. The second-order valence-electron chi connectivity index (χ2n) is 13.6. The zero-order valence-corrected chi connectivity index (χ0v) is 26.5. The maximum atomic E-state index is 12.9. The number of aromatic nitrogens is 2. The number of aromatic amines is 1. The molecule has 1 aromatic heterocycles. The van der Waals surface area contributed by atoms with Crippen molar-refractivity contribution in [2.75, 3.05) is 25.0 Å². The van der Waals surface area contributed by atoms with Gasteiger partial charge < -0.3 is 24.7 Å². The average Bonchev–Trinajstić information content (AvgIpc) is 3.72. The molecule has 2 N–H and O–H groups in total. The van der Waals surface area contributed by atoms with Crippen molar-refractivity contribution in [3.05, 3.63) is 60.6 Å². The van der Waals surface area contributed by atoms with Gasteiger partial charge in [0.1, 0.15) is 17.0 Å². The Hall–Kier alpha value is -4.34. The van der Waals surface area contributed by atoms with Crippen molar-refractivity contribution in [1.82, 2.24) is 19.8 Å². The Labute approximate surface area is 259 Å². The number of imidazole rings is 1. The van der Waals surface area contributed by atoms with Crippen LogP contribution in [0.15, 0.2) is 54.7 Å². The molecule has 0 saturated carbocycles. The van der Waals surface area contributed by atoms with Gasteiger partial charge in [0, 0.05) is 25.3 Å². The monoisotopic (exact) mass is 601 g/mol. The van der Waals surface area contributed by atoms with E-state index in [-0.39, 0.29) is 30.1 Å². The molecule has 44 heavy (non-hydrogen) atoms. The molecule has 0 radical (unpaired) electrons. The molecule has 0 bridgehead atoms. The van der Waals surface area contributed by atoms with Gasteiger partial charge >= 0.3 is 12.2 Å². The SMILES string of the molecule is CC(C)(C)OC(=O)N1CC[C@@H](C(=O)Nc2ccc(-c3ccc(-c4cnc([C@@H]5CCCN5C(=O)OC(C)(C)C)[nH]4)cc3)cc2)C1. The quantitative estimate of drug-likeness (QED) is 0.325. The molecule has 234 valence electrons. The average molecular weight is 602 g/mol. The molecule has 5 rings (SSSR count). The van der Waals surface area contributed by atoms with Crippen molar-refractivity contribution in [3.63, 3.8) is 0 Å². The number of benzene rings is 2. The van der Waals surface area contributed by atoms with Crippen LogP contribution in [0, 0.1) is 5.92 Å². The summed E-state index contributed by atoms with van der Waals surface area (Å²) in [6, 6.07) is 15.8. The molecule has 3 aromatic rings. The number of amides is 3. The summed E-state index contributed by atoms with van der Waals surface area (Å²) in [5.41, 5.74) is 3.55. The van der Waals surface area contributed by atoms with Crippen LogP contribution in [0.3, 0.4) is 0 Å². The number of hydrogen-bond donors (Lipinski definition) is 2. The summed E-state index contributed by atoms with van der Waals surface area (Å²) in [7, 11) is 0. The Balaban J connectivity index is 1.17. The predicted molar refractivity (Wildman–Crippen MR) is 169 cm³/mol. The molecule has 10 nitrogen and oxygen atoms in total. The summed E-state index contributed by atoms with van der Waals surface area (Å²) in [6.45, 7) is 12.6. The number of anilines is 1. The van der Waals surface area contributed by atoms with Crippen LogP contribution in [-0.2, 0) is 14.3 Å². The van der Waals surface area contributed by atoms with Gasteiger partial charge in [-0.05, 0) is 89.6 Å². The molecular weight excluding hydrogens is 558 g/mol. The molecule has 10 heteroatoms. The number of hydrogen-bond acceptors (Lipinski definition) is 6. The highest BCUT2D eigenvalue weighted by molar-refractivity contribution is 5.93. The molecule has 0 aliphatic carbocycles. The summed E-state index contributed by atoms with van der Waals surface area (Å²) in [5, 5.41) is 2.99. The topological polar surface area (TPSA) is 117 Å². The molecule has 2 atom stereocenters. The fourth-order valence-electron chi connectivity index (χ4n) is 5.54. The first kappa shape index (κ1) is 31.1. The van der Waals surface area contributed by atoms with Crippen LogP contribution in [0.2, 0.25) is 0 Å². The van der Waals surface area contributed by atoms with E-state index in [1.807, 2.05) is 84.1 Å². The molecule has 2 aliphatic heterocycles. The van der Waals surface area contributed by atoms with Gasteiger partial charge in [-0.15, -0.1) is 0 Å². The first-order valence-corrected chi connectivity index (χ1v) is 15.3. The maximum absolute atomic E-state index is 12.9. The summed E-state index contributed by atoms with van der Waals surface area (Å²) >= 11 is 0. The van der Waals surface area contributed by atoms with E-state index in [9.17, 15) is 14.4 Å². The number of H-pyrrole nitrogens is 1. The molecule has 0 spiro atoms. The Morgan fingerprint density at radius 1 is 0.818 bits per heavy atom. The van der Waals surface area contributed by atoms with Gasteiger partial charge in [-0.25, -0.2) is 14.6 Å². The number of likely N-dealkylation sites (tertiary alicyclic amines) is 2. The van der Waals surface area contributed by atoms with Crippen LogP contribution >= 0.6 is 0 Å². The van der Waals surface area contributed by atoms with E-state index >= 15 is 0 Å². The van der Waals surface area contributed by atoms with Crippen molar-refractivity contribution in [2.45, 2.75) is 78.0 Å². The maximum Gasteiger partial charge on any atom is 0.410 e. The van der Waals surface area contributed by atoms with Gasteiger partial charge in [0.2, 0.25) is 5.91 Å². The number of ether oxygens (including phenoxy) is 2. The fraction of sp³-hybridized carbons (Fsp3) is 0.471. The lowest BCUT2D eigenvalue weighted by atomic mass is 10.0. The minimum absolute atomic E-state index is 0.0982. The van der Waals surface area contributed by atoms with Gasteiger partial charge in [-0.3, -0.25) is 9.69 Å². The normalized spacial score (nSPS) is 18.8. The van der Waals surface area contributed by atoms with Crippen molar-refractivity contribution in [1.29, 1.82) is 0 Å². The standard InChI is InChI=1S/C34H43N5O5/c1-33(2,3)43-31(41)38-19-17-25(21-38)30(40)36-26-15-13-23(14-16-26)22-9-11-24(12-10-22)27-20-35-29(37-27)28-8-7-18-39(28)32(42)44-34(4,5)6/h9-16,20,25,28H,7-8,17-19,21H2,1-6H3,(H,35,37)(H,36,40)/t25-,28+/m1/s1. The number of nitrogens with zero attached hydrogens (tertiary/aromatic N) is 3. The lowest BCUT2D eigenvalue weighted by molar-refractivity contribution is -0.119. The minimum Gasteiger partial charge on any atom is -0.444 e. The van der Waals surface area contributed by atoms with Crippen LogP contribution in [0.4, 0.5) is 15.3 Å². The lowest BCUT2D eigenvalue weighted by Crippen LogP contribution is -2.36. The van der Waals surface area contributed by atoms with Gasteiger partial charge in [0.25, 0.3) is 0 Å². The molecule has 2 saturated heterocycles. The van der Waals surface area contributed by atoms with Gasteiger partial charge in [-0.1, -0.05) is 36.4 Å². The highest BCUT2D eigenvalue weighted by Gasteiger charge is 2.35. The first-order chi connectivity index (χ1) is 20.8. The molecule has 3 amide bonds. The third kappa shape index (κ3) is 7.59. The van der Waals surface area contributed by atoms with Crippen LogP contribution in [0.25, 0.3) is 22.4 Å². The van der Waals surface area contributed by atoms with E-state index in [2.05, 4.69) is 27.4 Å². The number of nitrogens with one attached hydrogen (secondary N) is 2. The predicted octanol–water partition coefficient (Wildman–Crippen LogP) is 7.01. The van der Waals surface area contributed by atoms with Crippen LogP contribution in [0.1, 0.15) is 72.7 Å². The molecular formula is C34H43N5O5. The van der Waals surface area contributed by atoms with Gasteiger partial charge in [0.05, 0.1) is 23.9 Å². The van der Waals surface area contributed by atoms with Crippen molar-refractivity contribution < 1.29 is 23.9 Å². The zero-order valence-electron chi connectivity index (χ0n) is 26.5. The van der Waals surface area contributed by atoms with E-state index in [4.69, 9.17) is 9.47 Å². The molecule has 2 aliphatic rings. The number of carbonyl (C=O) groups is 3.